The van der Waals surface area contributed by atoms with Gasteiger partial charge in [0.2, 0.25) is 0 Å². The molecule has 0 spiro atoms. The van der Waals surface area contributed by atoms with Gasteiger partial charge in [-0.05, 0) is 48.7 Å². The molecule has 2 aliphatic heterocycles. The van der Waals surface area contributed by atoms with Crippen molar-refractivity contribution in [2.45, 2.75) is 32.0 Å². The first-order valence-electron chi connectivity index (χ1n) is 8.54. The molecule has 0 aliphatic carbocycles. The highest BCUT2D eigenvalue weighted by Crippen LogP contribution is 2.36. The van der Waals surface area contributed by atoms with Crippen molar-refractivity contribution in [3.8, 4) is 0 Å². The molecule has 1 fully saturated rings. The van der Waals surface area contributed by atoms with Gasteiger partial charge < -0.3 is 14.7 Å². The van der Waals surface area contributed by atoms with E-state index in [-0.39, 0.29) is 36.4 Å². The SMILES string of the molecule is Cc1cc(F)ccc1CC1OC(=O)c2cc(N3CC[C@@H](O)C3)ccc21.Cl. The van der Waals surface area contributed by atoms with E-state index in [9.17, 15) is 14.3 Å². The number of nitrogens with zero attached hydrogens (tertiary/aromatic N) is 1. The highest BCUT2D eigenvalue weighted by Gasteiger charge is 2.32. The Labute approximate surface area is 158 Å². The summed E-state index contributed by atoms with van der Waals surface area (Å²) in [5.41, 5.74) is 4.22. The van der Waals surface area contributed by atoms with Crippen molar-refractivity contribution >= 4 is 24.1 Å². The van der Waals surface area contributed by atoms with Gasteiger partial charge in [0, 0.05) is 30.8 Å². The summed E-state index contributed by atoms with van der Waals surface area (Å²) in [4.78, 5) is 14.4. The molecule has 2 aromatic rings. The Morgan fingerprint density at radius 3 is 2.77 bits per heavy atom. The van der Waals surface area contributed by atoms with E-state index in [0.717, 1.165) is 35.3 Å². The van der Waals surface area contributed by atoms with E-state index in [0.29, 0.717) is 18.5 Å². The van der Waals surface area contributed by atoms with E-state index >= 15 is 0 Å². The van der Waals surface area contributed by atoms with Gasteiger partial charge in [0.15, 0.2) is 0 Å². The van der Waals surface area contributed by atoms with Crippen LogP contribution in [0.15, 0.2) is 36.4 Å². The van der Waals surface area contributed by atoms with Crippen LogP contribution < -0.4 is 4.90 Å². The molecule has 2 atom stereocenters. The minimum Gasteiger partial charge on any atom is -0.454 e. The lowest BCUT2D eigenvalue weighted by Gasteiger charge is -2.18. The number of β-amino-alcohol motifs (C(OH)–C–C–N with tert-alkyl or cyclic N) is 1. The predicted molar refractivity (Wildman–Crippen MR) is 99.5 cm³/mol. The molecule has 2 aromatic carbocycles. The van der Waals surface area contributed by atoms with Crippen LogP contribution in [0.3, 0.4) is 0 Å². The number of cyclic esters (lactones) is 1. The fourth-order valence-corrected chi connectivity index (χ4v) is 3.67. The maximum atomic E-state index is 13.3. The number of esters is 1. The molecule has 0 aromatic heterocycles. The van der Waals surface area contributed by atoms with Crippen LogP contribution in [-0.2, 0) is 11.2 Å². The number of carbonyl (C=O) groups excluding carboxylic acids is 1. The average Bonchev–Trinajstić information content (AvgIpc) is 3.14. The summed E-state index contributed by atoms with van der Waals surface area (Å²) in [6.45, 7) is 3.23. The van der Waals surface area contributed by atoms with Crippen LogP contribution in [0, 0.1) is 12.7 Å². The standard InChI is InChI=1S/C20H20FNO3.ClH/c1-12-8-14(21)3-2-13(12)9-19-17-5-4-15(10-18(17)20(24)25-19)22-7-6-16(23)11-22;/h2-5,8,10,16,19,23H,6-7,9,11H2,1H3;1H/t16-,19?;/m1./s1. The number of aliphatic hydroxyl groups is 1. The summed E-state index contributed by atoms with van der Waals surface area (Å²) >= 11 is 0. The lowest BCUT2D eigenvalue weighted by atomic mass is 9.96. The van der Waals surface area contributed by atoms with Gasteiger partial charge in [0.1, 0.15) is 11.9 Å². The Hall–Kier alpha value is -2.11. The second-order valence-corrected chi connectivity index (χ2v) is 6.83. The first-order valence-corrected chi connectivity index (χ1v) is 8.54. The quantitative estimate of drug-likeness (QED) is 0.831. The molecule has 0 radical (unpaired) electrons. The minimum absolute atomic E-state index is 0. The van der Waals surface area contributed by atoms with E-state index in [4.69, 9.17) is 4.74 Å². The zero-order chi connectivity index (χ0) is 17.6. The molecule has 138 valence electrons. The summed E-state index contributed by atoms with van der Waals surface area (Å²) in [6, 6.07) is 10.4. The number of aryl methyl sites for hydroxylation is 1. The monoisotopic (exact) mass is 377 g/mol. The van der Waals surface area contributed by atoms with Gasteiger partial charge in [-0.2, -0.15) is 0 Å². The third-order valence-corrected chi connectivity index (χ3v) is 5.09. The van der Waals surface area contributed by atoms with Crippen LogP contribution in [0.25, 0.3) is 0 Å². The summed E-state index contributed by atoms with van der Waals surface area (Å²) in [7, 11) is 0. The van der Waals surface area contributed by atoms with Gasteiger partial charge >= 0.3 is 5.97 Å². The molecule has 0 saturated carbocycles. The summed E-state index contributed by atoms with van der Waals surface area (Å²) < 4.78 is 18.8. The third kappa shape index (κ3) is 3.41. The van der Waals surface area contributed by atoms with Crippen LogP contribution >= 0.6 is 12.4 Å². The molecule has 1 saturated heterocycles. The van der Waals surface area contributed by atoms with E-state index < -0.39 is 0 Å². The molecule has 6 heteroatoms. The average molecular weight is 378 g/mol. The minimum atomic E-state index is -0.343. The number of halogens is 2. The first kappa shape index (κ1) is 18.7. The topological polar surface area (TPSA) is 49.8 Å². The Balaban J connectivity index is 0.00000196. The first-order chi connectivity index (χ1) is 12.0. The molecule has 26 heavy (non-hydrogen) atoms. The van der Waals surface area contributed by atoms with Crippen LogP contribution in [0.1, 0.15) is 39.6 Å². The van der Waals surface area contributed by atoms with Crippen molar-refractivity contribution in [3.05, 3.63) is 64.5 Å². The number of anilines is 1. The van der Waals surface area contributed by atoms with Gasteiger partial charge in [0.25, 0.3) is 0 Å². The summed E-state index contributed by atoms with van der Waals surface area (Å²) in [5, 5.41) is 9.70. The molecule has 1 unspecified atom stereocenters. The van der Waals surface area contributed by atoms with Crippen molar-refractivity contribution < 1.29 is 19.0 Å². The lowest BCUT2D eigenvalue weighted by Crippen LogP contribution is -2.21. The van der Waals surface area contributed by atoms with Crippen LogP contribution in [0.2, 0.25) is 0 Å². The second kappa shape index (κ2) is 7.25. The van der Waals surface area contributed by atoms with E-state index in [1.807, 2.05) is 25.1 Å². The number of hydrogen-bond donors (Lipinski definition) is 1. The zero-order valence-electron chi connectivity index (χ0n) is 14.4. The highest BCUT2D eigenvalue weighted by molar-refractivity contribution is 5.95. The number of ether oxygens (including phenoxy) is 1. The number of carbonyl (C=O) groups is 1. The Kier molecular flexibility index (Phi) is 5.21. The second-order valence-electron chi connectivity index (χ2n) is 6.83. The number of fused-ring (bicyclic) bond motifs is 1. The predicted octanol–water partition coefficient (Wildman–Crippen LogP) is 3.58. The van der Waals surface area contributed by atoms with E-state index in [2.05, 4.69) is 4.90 Å². The molecule has 0 bridgehead atoms. The number of rotatable bonds is 3. The normalized spacial score (nSPS) is 21.3. The molecule has 4 rings (SSSR count). The maximum Gasteiger partial charge on any atom is 0.339 e. The molecule has 4 nitrogen and oxygen atoms in total. The molecular weight excluding hydrogens is 357 g/mol. The molecule has 1 N–H and O–H groups in total. The largest absolute Gasteiger partial charge is 0.454 e. The summed E-state index contributed by atoms with van der Waals surface area (Å²) in [6.07, 6.45) is 0.625. The Morgan fingerprint density at radius 2 is 2.08 bits per heavy atom. The Bertz CT molecular complexity index is 842. The number of aliphatic hydroxyl groups excluding tert-OH is 1. The van der Waals surface area contributed by atoms with Gasteiger partial charge in [-0.3, -0.25) is 0 Å². The van der Waals surface area contributed by atoms with E-state index in [1.54, 1.807) is 6.07 Å². The number of hydrogen-bond acceptors (Lipinski definition) is 4. The fraction of sp³-hybridized carbons (Fsp3) is 0.350. The maximum absolute atomic E-state index is 13.3. The van der Waals surface area contributed by atoms with Crippen molar-refractivity contribution in [1.82, 2.24) is 0 Å². The van der Waals surface area contributed by atoms with Crippen molar-refractivity contribution in [2.75, 3.05) is 18.0 Å². The molecule has 2 aliphatic rings. The van der Waals surface area contributed by atoms with Crippen molar-refractivity contribution in [1.29, 1.82) is 0 Å². The third-order valence-electron chi connectivity index (χ3n) is 5.09. The van der Waals surface area contributed by atoms with Gasteiger partial charge in [-0.1, -0.05) is 12.1 Å². The number of benzene rings is 2. The van der Waals surface area contributed by atoms with E-state index in [1.165, 1.54) is 12.1 Å². The zero-order valence-corrected chi connectivity index (χ0v) is 15.3. The highest BCUT2D eigenvalue weighted by atomic mass is 35.5. The molecule has 2 heterocycles. The molecule has 0 amide bonds. The van der Waals surface area contributed by atoms with Gasteiger partial charge in [-0.15, -0.1) is 12.4 Å². The van der Waals surface area contributed by atoms with Gasteiger partial charge in [0.05, 0.1) is 11.7 Å². The van der Waals surface area contributed by atoms with Crippen molar-refractivity contribution in [2.24, 2.45) is 0 Å². The smallest absolute Gasteiger partial charge is 0.339 e. The van der Waals surface area contributed by atoms with Crippen molar-refractivity contribution in [3.63, 3.8) is 0 Å². The molecular formula is C20H21ClFNO3. The Morgan fingerprint density at radius 1 is 1.27 bits per heavy atom. The summed E-state index contributed by atoms with van der Waals surface area (Å²) in [5.74, 6) is -0.580. The fourth-order valence-electron chi connectivity index (χ4n) is 3.67. The van der Waals surface area contributed by atoms with Gasteiger partial charge in [-0.25, -0.2) is 9.18 Å². The van der Waals surface area contributed by atoms with Crippen LogP contribution in [0.4, 0.5) is 10.1 Å². The lowest BCUT2D eigenvalue weighted by molar-refractivity contribution is 0.0386. The van der Waals surface area contributed by atoms with Crippen LogP contribution in [0.5, 0.6) is 0 Å². The van der Waals surface area contributed by atoms with Crippen LogP contribution in [-0.4, -0.2) is 30.3 Å².